The van der Waals surface area contributed by atoms with E-state index in [0.717, 1.165) is 4.90 Å². The molecule has 0 saturated heterocycles. The van der Waals surface area contributed by atoms with Crippen LogP contribution < -0.4 is 0 Å². The summed E-state index contributed by atoms with van der Waals surface area (Å²) in [4.78, 5) is 25.4. The Balaban J connectivity index is 2.46. The molecule has 0 fully saturated rings. The lowest BCUT2D eigenvalue weighted by atomic mass is 10.2. The zero-order chi connectivity index (χ0) is 15.8. The molecule has 1 N–H and O–H groups in total. The fourth-order valence-electron chi connectivity index (χ4n) is 1.84. The maximum Gasteiger partial charge on any atom is 0.305 e. The zero-order valence-corrected chi connectivity index (χ0v) is 13.8. The summed E-state index contributed by atoms with van der Waals surface area (Å²) in [5.41, 5.74) is 0. The van der Waals surface area contributed by atoms with E-state index >= 15 is 0 Å². The Morgan fingerprint density at radius 1 is 1.29 bits per heavy atom. The number of carbonyl (C=O) groups is 2. The van der Waals surface area contributed by atoms with Gasteiger partial charge in [0.15, 0.2) is 0 Å². The van der Waals surface area contributed by atoms with Gasteiger partial charge in [0.2, 0.25) is 5.91 Å². The number of halogens is 1. The van der Waals surface area contributed by atoms with Gasteiger partial charge in [-0.1, -0.05) is 23.7 Å². The fourth-order valence-corrected chi connectivity index (χ4v) is 3.02. The van der Waals surface area contributed by atoms with Crippen molar-refractivity contribution < 1.29 is 14.7 Å². The average molecular weight is 330 g/mol. The molecule has 1 amide bonds. The molecule has 1 aromatic rings. The van der Waals surface area contributed by atoms with E-state index in [9.17, 15) is 9.59 Å². The summed E-state index contributed by atoms with van der Waals surface area (Å²) in [6.07, 6.45) is 0.343. The van der Waals surface area contributed by atoms with Gasteiger partial charge in [-0.2, -0.15) is 0 Å². The van der Waals surface area contributed by atoms with Crippen molar-refractivity contribution in [2.75, 3.05) is 12.3 Å². The number of amides is 1. The topological polar surface area (TPSA) is 57.6 Å². The zero-order valence-electron chi connectivity index (χ0n) is 12.2. The number of carboxylic acids is 1. The Hall–Kier alpha value is -1.20. The first-order valence-corrected chi connectivity index (χ1v) is 8.16. The van der Waals surface area contributed by atoms with Gasteiger partial charge in [0.1, 0.15) is 0 Å². The molecule has 0 spiro atoms. The van der Waals surface area contributed by atoms with Gasteiger partial charge in [0.05, 0.1) is 11.4 Å². The summed E-state index contributed by atoms with van der Waals surface area (Å²) in [5, 5.41) is 9.41. The number of nitrogens with zero attached hydrogens (tertiary/aromatic N) is 1. The Labute approximate surface area is 134 Å². The molecule has 0 heterocycles. The third-order valence-corrected chi connectivity index (χ3v) is 4.44. The van der Waals surface area contributed by atoms with E-state index in [1.807, 2.05) is 38.1 Å². The molecule has 4 nitrogen and oxygen atoms in total. The van der Waals surface area contributed by atoms with E-state index in [-0.39, 0.29) is 24.9 Å². The third kappa shape index (κ3) is 6.40. The maximum absolute atomic E-state index is 12.2. The van der Waals surface area contributed by atoms with Crippen LogP contribution in [0.15, 0.2) is 29.2 Å². The lowest BCUT2D eigenvalue weighted by Crippen LogP contribution is -2.38. The molecule has 0 aliphatic heterocycles. The highest BCUT2D eigenvalue weighted by Crippen LogP contribution is 2.27. The lowest BCUT2D eigenvalue weighted by molar-refractivity contribution is -0.139. The van der Waals surface area contributed by atoms with Crippen molar-refractivity contribution in [1.82, 2.24) is 4.90 Å². The van der Waals surface area contributed by atoms with Gasteiger partial charge in [0, 0.05) is 29.7 Å². The molecule has 0 radical (unpaired) electrons. The molecular weight excluding hydrogens is 310 g/mol. The summed E-state index contributed by atoms with van der Waals surface area (Å²) in [5.74, 6) is -0.288. The summed E-state index contributed by atoms with van der Waals surface area (Å²) in [6.45, 7) is 4.03. The van der Waals surface area contributed by atoms with Gasteiger partial charge < -0.3 is 10.0 Å². The Bertz CT molecular complexity index is 494. The van der Waals surface area contributed by atoms with E-state index in [1.54, 1.807) is 4.90 Å². The van der Waals surface area contributed by atoms with Crippen molar-refractivity contribution in [1.29, 1.82) is 0 Å². The molecule has 0 aromatic heterocycles. The van der Waals surface area contributed by atoms with Gasteiger partial charge in [-0.25, -0.2) is 0 Å². The van der Waals surface area contributed by atoms with Gasteiger partial charge in [-0.3, -0.25) is 9.59 Å². The van der Waals surface area contributed by atoms with E-state index in [1.165, 1.54) is 11.8 Å². The second-order valence-corrected chi connectivity index (χ2v) is 6.40. The monoisotopic (exact) mass is 329 g/mol. The van der Waals surface area contributed by atoms with Gasteiger partial charge in [0.25, 0.3) is 0 Å². The van der Waals surface area contributed by atoms with Crippen LogP contribution in [0.1, 0.15) is 26.7 Å². The van der Waals surface area contributed by atoms with Gasteiger partial charge in [-0.15, -0.1) is 11.8 Å². The Kier molecular flexibility index (Phi) is 7.61. The second kappa shape index (κ2) is 8.95. The van der Waals surface area contributed by atoms with Crippen LogP contribution in [0.25, 0.3) is 0 Å². The highest BCUT2D eigenvalue weighted by molar-refractivity contribution is 7.99. The maximum atomic E-state index is 12.2. The molecule has 0 aliphatic rings. The molecule has 0 saturated carbocycles. The first kappa shape index (κ1) is 17.9. The predicted octanol–water partition coefficient (Wildman–Crippen LogP) is 3.53. The fraction of sp³-hybridized carbons (Fsp3) is 0.467. The number of carbonyl (C=O) groups excluding carboxylic acids is 1. The number of rotatable bonds is 8. The summed E-state index contributed by atoms with van der Waals surface area (Å²) in [6, 6.07) is 7.51. The summed E-state index contributed by atoms with van der Waals surface area (Å²) in [7, 11) is 0. The van der Waals surface area contributed by atoms with Crippen LogP contribution in [-0.2, 0) is 9.59 Å². The number of hydrogen-bond acceptors (Lipinski definition) is 3. The van der Waals surface area contributed by atoms with Crippen molar-refractivity contribution in [3.05, 3.63) is 29.3 Å². The van der Waals surface area contributed by atoms with Crippen molar-refractivity contribution >= 4 is 35.2 Å². The van der Waals surface area contributed by atoms with Gasteiger partial charge >= 0.3 is 5.97 Å². The molecule has 1 rings (SSSR count). The molecule has 21 heavy (non-hydrogen) atoms. The molecule has 0 bridgehead atoms. The number of thioether (sulfide) groups is 1. The molecule has 1 aromatic carbocycles. The van der Waals surface area contributed by atoms with Crippen LogP contribution in [0.3, 0.4) is 0 Å². The van der Waals surface area contributed by atoms with Crippen molar-refractivity contribution in [3.63, 3.8) is 0 Å². The van der Waals surface area contributed by atoms with Crippen LogP contribution in [-0.4, -0.2) is 40.2 Å². The Morgan fingerprint density at radius 3 is 2.52 bits per heavy atom. The second-order valence-electron chi connectivity index (χ2n) is 4.85. The van der Waals surface area contributed by atoms with E-state index in [0.29, 0.717) is 17.2 Å². The lowest BCUT2D eigenvalue weighted by Gasteiger charge is -2.26. The number of hydrogen-bond donors (Lipinski definition) is 1. The number of aliphatic carboxylic acids is 1. The van der Waals surface area contributed by atoms with Crippen LogP contribution >= 0.6 is 23.4 Å². The van der Waals surface area contributed by atoms with Crippen LogP contribution in [0.4, 0.5) is 0 Å². The Morgan fingerprint density at radius 2 is 1.95 bits per heavy atom. The predicted molar refractivity (Wildman–Crippen MR) is 85.9 cm³/mol. The minimum absolute atomic E-state index is 0.00200. The highest BCUT2D eigenvalue weighted by atomic mass is 35.5. The normalized spacial score (nSPS) is 10.7. The van der Waals surface area contributed by atoms with Crippen LogP contribution in [0, 0.1) is 0 Å². The standard InChI is InChI=1S/C15H20ClNO3S/c1-11(2)17(9-7-15(19)20)14(18)8-10-21-13-6-4-3-5-12(13)16/h3-6,11H,7-10H2,1-2H3,(H,19,20). The molecule has 0 unspecified atom stereocenters. The highest BCUT2D eigenvalue weighted by Gasteiger charge is 2.17. The minimum Gasteiger partial charge on any atom is -0.481 e. The quantitative estimate of drug-likeness (QED) is 0.741. The van der Waals surface area contributed by atoms with Crippen LogP contribution in [0.5, 0.6) is 0 Å². The van der Waals surface area contributed by atoms with Gasteiger partial charge in [-0.05, 0) is 26.0 Å². The SMILES string of the molecule is CC(C)N(CCC(=O)O)C(=O)CCSc1ccccc1Cl. The third-order valence-electron chi connectivity index (χ3n) is 2.92. The van der Waals surface area contributed by atoms with Crippen LogP contribution in [0.2, 0.25) is 5.02 Å². The van der Waals surface area contributed by atoms with E-state index in [4.69, 9.17) is 16.7 Å². The molecule has 0 aliphatic carbocycles. The summed E-state index contributed by atoms with van der Waals surface area (Å²) < 4.78 is 0. The molecular formula is C15H20ClNO3S. The molecule has 116 valence electrons. The number of carboxylic acid groups (broad SMARTS) is 1. The van der Waals surface area contributed by atoms with Crippen molar-refractivity contribution in [2.45, 2.75) is 37.6 Å². The molecule has 0 atom stereocenters. The van der Waals surface area contributed by atoms with E-state index < -0.39 is 5.97 Å². The average Bonchev–Trinajstić information content (AvgIpc) is 2.40. The first-order valence-electron chi connectivity index (χ1n) is 6.80. The largest absolute Gasteiger partial charge is 0.481 e. The smallest absolute Gasteiger partial charge is 0.305 e. The van der Waals surface area contributed by atoms with E-state index in [2.05, 4.69) is 0 Å². The van der Waals surface area contributed by atoms with Crippen molar-refractivity contribution in [2.24, 2.45) is 0 Å². The summed E-state index contributed by atoms with van der Waals surface area (Å²) >= 11 is 7.59. The minimum atomic E-state index is -0.890. The first-order chi connectivity index (χ1) is 9.91. The van der Waals surface area contributed by atoms with Crippen molar-refractivity contribution in [3.8, 4) is 0 Å². The number of benzene rings is 1. The molecule has 6 heteroatoms.